The van der Waals surface area contributed by atoms with Crippen molar-refractivity contribution in [3.05, 3.63) is 47.3 Å². The molecule has 2 rings (SSSR count). The third kappa shape index (κ3) is 3.66. The van der Waals surface area contributed by atoms with Crippen molar-refractivity contribution < 1.29 is 9.53 Å². The molecule has 2 aliphatic rings. The number of carbonyl (C=O) groups is 1. The Morgan fingerprint density at radius 1 is 1.33 bits per heavy atom. The number of hydrogen-bond donors (Lipinski definition) is 0. The first kappa shape index (κ1) is 15.6. The second-order valence-corrected chi connectivity index (χ2v) is 5.94. The second kappa shape index (κ2) is 6.79. The standard InChI is InChI=1S/C18H25NO2/c1-13-8-10-15(11-9-13)16-6-5-7-17(12-16)19(3)14(2)18(20)21-4/h7,10,12-13H,2,5-6,8-9,11H2,1,3-4H3. The Morgan fingerprint density at radius 3 is 2.71 bits per heavy atom. The zero-order valence-electron chi connectivity index (χ0n) is 13.3. The highest BCUT2D eigenvalue weighted by Crippen LogP contribution is 2.33. The number of carbonyl (C=O) groups excluding carboxylic acids is 1. The van der Waals surface area contributed by atoms with Gasteiger partial charge >= 0.3 is 5.97 Å². The van der Waals surface area contributed by atoms with Gasteiger partial charge in [-0.15, -0.1) is 0 Å². The smallest absolute Gasteiger partial charge is 0.354 e. The van der Waals surface area contributed by atoms with Crippen molar-refractivity contribution in [1.29, 1.82) is 0 Å². The van der Waals surface area contributed by atoms with Crippen molar-refractivity contribution in [1.82, 2.24) is 4.90 Å². The van der Waals surface area contributed by atoms with E-state index in [1.165, 1.54) is 37.5 Å². The van der Waals surface area contributed by atoms with Gasteiger partial charge in [0.15, 0.2) is 0 Å². The Bertz CT molecular complexity index is 525. The number of nitrogens with zero attached hydrogens (tertiary/aromatic N) is 1. The summed E-state index contributed by atoms with van der Waals surface area (Å²) < 4.78 is 4.74. The first-order valence-corrected chi connectivity index (χ1v) is 7.64. The summed E-state index contributed by atoms with van der Waals surface area (Å²) in [6, 6.07) is 0. The number of rotatable bonds is 4. The lowest BCUT2D eigenvalue weighted by Crippen LogP contribution is -2.23. The monoisotopic (exact) mass is 287 g/mol. The molecule has 3 nitrogen and oxygen atoms in total. The van der Waals surface area contributed by atoms with Crippen LogP contribution in [0.1, 0.15) is 39.0 Å². The van der Waals surface area contributed by atoms with E-state index in [9.17, 15) is 4.79 Å². The van der Waals surface area contributed by atoms with E-state index in [2.05, 4.69) is 31.7 Å². The first-order valence-electron chi connectivity index (χ1n) is 7.64. The van der Waals surface area contributed by atoms with Crippen LogP contribution >= 0.6 is 0 Å². The van der Waals surface area contributed by atoms with Gasteiger partial charge in [0.05, 0.1) is 7.11 Å². The summed E-state index contributed by atoms with van der Waals surface area (Å²) in [5.74, 6) is 0.416. The summed E-state index contributed by atoms with van der Waals surface area (Å²) in [5, 5.41) is 0. The Balaban J connectivity index is 2.13. The van der Waals surface area contributed by atoms with Crippen molar-refractivity contribution >= 4 is 5.97 Å². The number of likely N-dealkylation sites (N-methyl/N-ethyl adjacent to an activating group) is 1. The Kier molecular flexibility index (Phi) is 5.05. The second-order valence-electron chi connectivity index (χ2n) is 5.94. The molecule has 0 aromatic carbocycles. The number of hydrogen-bond acceptors (Lipinski definition) is 3. The molecular formula is C18H25NO2. The molecule has 2 aliphatic carbocycles. The lowest BCUT2D eigenvalue weighted by molar-refractivity contribution is -0.137. The third-order valence-corrected chi connectivity index (χ3v) is 4.39. The van der Waals surface area contributed by atoms with Gasteiger partial charge in [-0.2, -0.15) is 0 Å². The van der Waals surface area contributed by atoms with Gasteiger partial charge in [-0.3, -0.25) is 0 Å². The molecule has 0 aromatic rings. The molecule has 0 aromatic heterocycles. The highest BCUT2D eigenvalue weighted by atomic mass is 16.5. The van der Waals surface area contributed by atoms with Gasteiger partial charge in [0, 0.05) is 12.7 Å². The maximum atomic E-state index is 11.6. The normalized spacial score (nSPS) is 21.9. The molecule has 0 bridgehead atoms. The summed E-state index contributed by atoms with van der Waals surface area (Å²) in [4.78, 5) is 13.4. The van der Waals surface area contributed by atoms with Gasteiger partial charge in [-0.05, 0) is 55.2 Å². The summed E-state index contributed by atoms with van der Waals surface area (Å²) in [6.45, 7) is 6.12. The average Bonchev–Trinajstić information content (AvgIpc) is 2.53. The van der Waals surface area contributed by atoms with Crippen LogP contribution in [0.2, 0.25) is 0 Å². The molecule has 0 heterocycles. The number of ether oxygens (including phenoxy) is 1. The number of esters is 1. The van der Waals surface area contributed by atoms with E-state index in [4.69, 9.17) is 4.74 Å². The third-order valence-electron chi connectivity index (χ3n) is 4.39. The molecule has 0 fully saturated rings. The molecule has 0 saturated heterocycles. The molecule has 0 N–H and O–H groups in total. The van der Waals surface area contributed by atoms with E-state index in [1.54, 1.807) is 0 Å². The minimum atomic E-state index is -0.385. The van der Waals surface area contributed by atoms with Crippen molar-refractivity contribution in [2.45, 2.75) is 39.0 Å². The maximum Gasteiger partial charge on any atom is 0.354 e. The van der Waals surface area contributed by atoms with Crippen LogP contribution in [0.4, 0.5) is 0 Å². The summed E-state index contributed by atoms with van der Waals surface area (Å²) in [7, 11) is 3.24. The van der Waals surface area contributed by atoms with Crippen molar-refractivity contribution in [3.8, 4) is 0 Å². The van der Waals surface area contributed by atoms with Gasteiger partial charge in [-0.25, -0.2) is 4.79 Å². The predicted molar refractivity (Wildman–Crippen MR) is 85.4 cm³/mol. The Labute approximate surface area is 127 Å². The Morgan fingerprint density at radius 2 is 2.10 bits per heavy atom. The highest BCUT2D eigenvalue weighted by Gasteiger charge is 2.19. The van der Waals surface area contributed by atoms with Crippen LogP contribution in [0.5, 0.6) is 0 Å². The minimum Gasteiger partial charge on any atom is -0.464 e. The zero-order chi connectivity index (χ0) is 15.4. The summed E-state index contributed by atoms with van der Waals surface area (Å²) in [6.07, 6.45) is 12.4. The molecule has 0 aliphatic heterocycles. The van der Waals surface area contributed by atoms with Crippen molar-refractivity contribution in [2.24, 2.45) is 5.92 Å². The molecule has 3 heteroatoms. The number of allylic oxidation sites excluding steroid dienone is 5. The van der Waals surface area contributed by atoms with E-state index in [0.717, 1.165) is 24.5 Å². The fraction of sp³-hybridized carbons (Fsp3) is 0.500. The topological polar surface area (TPSA) is 29.5 Å². The average molecular weight is 287 g/mol. The largest absolute Gasteiger partial charge is 0.464 e. The summed E-state index contributed by atoms with van der Waals surface area (Å²) >= 11 is 0. The van der Waals surface area contributed by atoms with Crippen LogP contribution in [-0.4, -0.2) is 25.0 Å². The molecule has 0 saturated carbocycles. The van der Waals surface area contributed by atoms with E-state index in [1.807, 2.05) is 11.9 Å². The first-order chi connectivity index (χ1) is 10.0. The maximum absolute atomic E-state index is 11.6. The molecule has 114 valence electrons. The van der Waals surface area contributed by atoms with Crippen LogP contribution in [0.3, 0.4) is 0 Å². The zero-order valence-corrected chi connectivity index (χ0v) is 13.3. The van der Waals surface area contributed by atoms with Crippen LogP contribution < -0.4 is 0 Å². The quantitative estimate of drug-likeness (QED) is 0.579. The fourth-order valence-corrected chi connectivity index (χ4v) is 2.84. The lowest BCUT2D eigenvalue weighted by atomic mass is 9.84. The van der Waals surface area contributed by atoms with E-state index in [0.29, 0.717) is 5.70 Å². The van der Waals surface area contributed by atoms with E-state index < -0.39 is 0 Å². The predicted octanol–water partition coefficient (Wildman–Crippen LogP) is 3.96. The molecule has 21 heavy (non-hydrogen) atoms. The lowest BCUT2D eigenvalue weighted by Gasteiger charge is -2.27. The highest BCUT2D eigenvalue weighted by molar-refractivity contribution is 5.87. The summed E-state index contributed by atoms with van der Waals surface area (Å²) in [5.41, 5.74) is 4.29. The van der Waals surface area contributed by atoms with Gasteiger partial charge < -0.3 is 9.64 Å². The van der Waals surface area contributed by atoms with Crippen LogP contribution in [-0.2, 0) is 9.53 Å². The van der Waals surface area contributed by atoms with Gasteiger partial charge in [-0.1, -0.05) is 25.7 Å². The molecule has 1 unspecified atom stereocenters. The fourth-order valence-electron chi connectivity index (χ4n) is 2.84. The van der Waals surface area contributed by atoms with E-state index >= 15 is 0 Å². The molecular weight excluding hydrogens is 262 g/mol. The van der Waals surface area contributed by atoms with Crippen molar-refractivity contribution in [3.63, 3.8) is 0 Å². The molecule has 0 amide bonds. The minimum absolute atomic E-state index is 0.368. The molecule has 0 radical (unpaired) electrons. The van der Waals surface area contributed by atoms with Gasteiger partial charge in [0.2, 0.25) is 0 Å². The van der Waals surface area contributed by atoms with Crippen LogP contribution in [0.15, 0.2) is 47.3 Å². The van der Waals surface area contributed by atoms with Gasteiger partial charge in [0.25, 0.3) is 0 Å². The number of methoxy groups -OCH3 is 1. The van der Waals surface area contributed by atoms with Crippen molar-refractivity contribution in [2.75, 3.05) is 14.2 Å². The van der Waals surface area contributed by atoms with E-state index in [-0.39, 0.29) is 5.97 Å². The SMILES string of the molecule is C=C(C(=O)OC)N(C)C1=CCCC(C2=CCC(C)CC2)=C1. The molecule has 0 spiro atoms. The Hall–Kier alpha value is -1.77. The van der Waals surface area contributed by atoms with Gasteiger partial charge in [0.1, 0.15) is 5.70 Å². The van der Waals surface area contributed by atoms with Crippen LogP contribution in [0.25, 0.3) is 0 Å². The van der Waals surface area contributed by atoms with Crippen LogP contribution in [0, 0.1) is 5.92 Å². The molecule has 1 atom stereocenters.